The molecule has 128 valence electrons. The second-order valence-electron chi connectivity index (χ2n) is 6.22. The van der Waals surface area contributed by atoms with Crippen molar-refractivity contribution >= 4 is 11.7 Å². The van der Waals surface area contributed by atoms with Gasteiger partial charge in [-0.2, -0.15) is 0 Å². The van der Waals surface area contributed by atoms with Crippen molar-refractivity contribution in [3.63, 3.8) is 0 Å². The SMILES string of the molecule is CCC(CCO/N=C(/Cn1ccnc1)C1CCCCC1)C(=O)O. The molecule has 1 aliphatic rings. The van der Waals surface area contributed by atoms with Gasteiger partial charge < -0.3 is 14.5 Å². The van der Waals surface area contributed by atoms with E-state index in [0.717, 1.165) is 18.6 Å². The Kier molecular flexibility index (Phi) is 7.10. The maximum absolute atomic E-state index is 11.0. The summed E-state index contributed by atoms with van der Waals surface area (Å²) in [5, 5.41) is 13.4. The molecule has 1 N–H and O–H groups in total. The molecule has 6 nitrogen and oxygen atoms in total. The van der Waals surface area contributed by atoms with Crippen LogP contribution in [0, 0.1) is 11.8 Å². The van der Waals surface area contributed by atoms with Gasteiger partial charge in [0.15, 0.2) is 0 Å². The predicted molar refractivity (Wildman–Crippen MR) is 88.2 cm³/mol. The Balaban J connectivity index is 1.91. The maximum Gasteiger partial charge on any atom is 0.306 e. The summed E-state index contributed by atoms with van der Waals surface area (Å²) >= 11 is 0. The fourth-order valence-corrected chi connectivity index (χ4v) is 3.06. The van der Waals surface area contributed by atoms with E-state index in [1.807, 2.05) is 17.7 Å². The number of rotatable bonds is 9. The topological polar surface area (TPSA) is 76.7 Å². The number of nitrogens with zero attached hydrogens (tertiary/aromatic N) is 3. The molecule has 2 rings (SSSR count). The first kappa shape index (κ1) is 17.5. The van der Waals surface area contributed by atoms with Gasteiger partial charge in [0.25, 0.3) is 0 Å². The maximum atomic E-state index is 11.0. The van der Waals surface area contributed by atoms with Crippen LogP contribution in [0.25, 0.3) is 0 Å². The molecule has 1 aromatic heterocycles. The van der Waals surface area contributed by atoms with E-state index in [4.69, 9.17) is 9.94 Å². The van der Waals surface area contributed by atoms with Crippen molar-refractivity contribution in [3.8, 4) is 0 Å². The summed E-state index contributed by atoms with van der Waals surface area (Å²) in [6, 6.07) is 0. The Labute approximate surface area is 137 Å². The highest BCUT2D eigenvalue weighted by molar-refractivity contribution is 5.86. The molecule has 23 heavy (non-hydrogen) atoms. The van der Waals surface area contributed by atoms with Crippen LogP contribution in [0.2, 0.25) is 0 Å². The number of aromatic nitrogens is 2. The van der Waals surface area contributed by atoms with Gasteiger partial charge in [0, 0.05) is 18.3 Å². The summed E-state index contributed by atoms with van der Waals surface area (Å²) in [5.74, 6) is -0.643. The van der Waals surface area contributed by atoms with E-state index in [1.165, 1.54) is 19.3 Å². The zero-order chi connectivity index (χ0) is 16.5. The molecule has 1 aromatic rings. The number of hydrogen-bond acceptors (Lipinski definition) is 4. The smallest absolute Gasteiger partial charge is 0.306 e. The van der Waals surface area contributed by atoms with Crippen LogP contribution >= 0.6 is 0 Å². The molecule has 1 aliphatic carbocycles. The van der Waals surface area contributed by atoms with Crippen LogP contribution < -0.4 is 0 Å². The van der Waals surface area contributed by atoms with E-state index in [-0.39, 0.29) is 5.92 Å². The highest BCUT2D eigenvalue weighted by atomic mass is 16.6. The highest BCUT2D eigenvalue weighted by Gasteiger charge is 2.20. The highest BCUT2D eigenvalue weighted by Crippen LogP contribution is 2.25. The summed E-state index contributed by atoms with van der Waals surface area (Å²) in [6.45, 7) is 2.93. The average Bonchev–Trinajstić information content (AvgIpc) is 3.07. The van der Waals surface area contributed by atoms with Crippen LogP contribution in [0.15, 0.2) is 23.9 Å². The van der Waals surface area contributed by atoms with Crippen LogP contribution in [0.5, 0.6) is 0 Å². The van der Waals surface area contributed by atoms with Crippen LogP contribution in [0.1, 0.15) is 51.9 Å². The van der Waals surface area contributed by atoms with E-state index in [1.54, 1.807) is 12.5 Å². The molecule has 1 unspecified atom stereocenters. The number of hydrogen-bond donors (Lipinski definition) is 1. The number of aliphatic carboxylic acids is 1. The quantitative estimate of drug-likeness (QED) is 0.430. The molecular weight excluding hydrogens is 294 g/mol. The summed E-state index contributed by atoms with van der Waals surface area (Å²) in [7, 11) is 0. The number of carboxylic acids is 1. The molecule has 1 heterocycles. The lowest BCUT2D eigenvalue weighted by Crippen LogP contribution is -2.23. The van der Waals surface area contributed by atoms with Crippen LogP contribution in [-0.2, 0) is 16.2 Å². The number of oxime groups is 1. The molecule has 0 aliphatic heterocycles. The lowest BCUT2D eigenvalue weighted by Gasteiger charge is -2.23. The molecule has 0 spiro atoms. The van der Waals surface area contributed by atoms with E-state index in [9.17, 15) is 4.79 Å². The number of carbonyl (C=O) groups is 1. The third-order valence-corrected chi connectivity index (χ3v) is 4.56. The third-order valence-electron chi connectivity index (χ3n) is 4.56. The first-order chi connectivity index (χ1) is 11.2. The van der Waals surface area contributed by atoms with Crippen molar-refractivity contribution in [2.45, 2.75) is 58.4 Å². The van der Waals surface area contributed by atoms with E-state index in [2.05, 4.69) is 10.1 Å². The molecule has 0 radical (unpaired) electrons. The van der Waals surface area contributed by atoms with Gasteiger partial charge in [-0.05, 0) is 25.7 Å². The Morgan fingerprint density at radius 2 is 2.22 bits per heavy atom. The van der Waals surface area contributed by atoms with Gasteiger partial charge in [0.1, 0.15) is 6.61 Å². The summed E-state index contributed by atoms with van der Waals surface area (Å²) in [6.07, 6.45) is 12.7. The van der Waals surface area contributed by atoms with Crippen molar-refractivity contribution in [3.05, 3.63) is 18.7 Å². The second-order valence-corrected chi connectivity index (χ2v) is 6.22. The van der Waals surface area contributed by atoms with Crippen molar-refractivity contribution < 1.29 is 14.7 Å². The number of carboxylic acid groups (broad SMARTS) is 1. The van der Waals surface area contributed by atoms with Gasteiger partial charge in [-0.1, -0.05) is 31.3 Å². The minimum Gasteiger partial charge on any atom is -0.481 e. The molecule has 1 atom stereocenters. The number of imidazole rings is 1. The molecule has 0 bridgehead atoms. The molecule has 0 amide bonds. The minimum atomic E-state index is -0.758. The van der Waals surface area contributed by atoms with Gasteiger partial charge in [-0.3, -0.25) is 4.79 Å². The second kappa shape index (κ2) is 9.33. The molecule has 0 aromatic carbocycles. The lowest BCUT2D eigenvalue weighted by atomic mass is 9.86. The summed E-state index contributed by atoms with van der Waals surface area (Å²) in [5.41, 5.74) is 1.05. The fraction of sp³-hybridized carbons (Fsp3) is 0.706. The van der Waals surface area contributed by atoms with Crippen LogP contribution in [0.3, 0.4) is 0 Å². The van der Waals surface area contributed by atoms with E-state index < -0.39 is 5.97 Å². The first-order valence-corrected chi connectivity index (χ1v) is 8.58. The van der Waals surface area contributed by atoms with Crippen LogP contribution in [-0.4, -0.2) is 32.9 Å². The summed E-state index contributed by atoms with van der Waals surface area (Å²) in [4.78, 5) is 20.6. The third kappa shape index (κ3) is 5.69. The molecular formula is C17H27N3O3. The monoisotopic (exact) mass is 321 g/mol. The van der Waals surface area contributed by atoms with Gasteiger partial charge in [-0.15, -0.1) is 0 Å². The van der Waals surface area contributed by atoms with Crippen LogP contribution in [0.4, 0.5) is 0 Å². The van der Waals surface area contributed by atoms with Crippen molar-refractivity contribution in [1.82, 2.24) is 9.55 Å². The van der Waals surface area contributed by atoms with Gasteiger partial charge in [0.05, 0.1) is 24.5 Å². The normalized spacial score (nSPS) is 17.9. The van der Waals surface area contributed by atoms with E-state index in [0.29, 0.717) is 31.9 Å². The predicted octanol–water partition coefficient (Wildman–Crippen LogP) is 3.34. The summed E-state index contributed by atoms with van der Waals surface area (Å²) < 4.78 is 2.00. The van der Waals surface area contributed by atoms with Gasteiger partial charge in [0.2, 0.25) is 0 Å². The van der Waals surface area contributed by atoms with Crippen molar-refractivity contribution in [2.75, 3.05) is 6.61 Å². The van der Waals surface area contributed by atoms with E-state index >= 15 is 0 Å². The molecule has 0 saturated heterocycles. The lowest BCUT2D eigenvalue weighted by molar-refractivity contribution is -0.142. The largest absolute Gasteiger partial charge is 0.481 e. The van der Waals surface area contributed by atoms with Crippen molar-refractivity contribution in [2.24, 2.45) is 17.0 Å². The standard InChI is InChI=1S/C17H27N3O3/c1-2-14(17(21)22)8-11-23-19-16(12-20-10-9-18-13-20)15-6-4-3-5-7-15/h9-10,13-15H,2-8,11-12H2,1H3,(H,21,22)/b19-16-. The molecule has 1 fully saturated rings. The Hall–Kier alpha value is -1.85. The Morgan fingerprint density at radius 3 is 2.83 bits per heavy atom. The van der Waals surface area contributed by atoms with Gasteiger partial charge in [-0.25, -0.2) is 4.98 Å². The zero-order valence-corrected chi connectivity index (χ0v) is 13.9. The van der Waals surface area contributed by atoms with Crippen molar-refractivity contribution in [1.29, 1.82) is 0 Å². The average molecular weight is 321 g/mol. The minimum absolute atomic E-state index is 0.350. The Bertz CT molecular complexity index is 493. The fourth-order valence-electron chi connectivity index (χ4n) is 3.06. The zero-order valence-electron chi connectivity index (χ0n) is 13.9. The molecule has 1 saturated carbocycles. The van der Waals surface area contributed by atoms with Gasteiger partial charge >= 0.3 is 5.97 Å². The first-order valence-electron chi connectivity index (χ1n) is 8.58. The molecule has 6 heteroatoms. The Morgan fingerprint density at radius 1 is 1.43 bits per heavy atom.